The molecule has 8 heteroatoms. The molecule has 0 aromatic heterocycles. The lowest BCUT2D eigenvalue weighted by atomic mass is 10.1. The second kappa shape index (κ2) is 8.43. The summed E-state index contributed by atoms with van der Waals surface area (Å²) in [6.45, 7) is 3.40. The van der Waals surface area contributed by atoms with Gasteiger partial charge >= 0.3 is 0 Å². The number of ether oxygens (including phenoxy) is 2. The van der Waals surface area contributed by atoms with Crippen molar-refractivity contribution < 1.29 is 30.3 Å². The summed E-state index contributed by atoms with van der Waals surface area (Å²) < 4.78 is 38.6. The molecule has 0 atom stereocenters. The molecule has 0 spiro atoms. The van der Waals surface area contributed by atoms with Crippen LogP contribution in [0, 0.1) is 0 Å². The number of fused-ring (bicyclic) bond motifs is 2. The monoisotopic (exact) mass is 445 g/mol. The van der Waals surface area contributed by atoms with E-state index >= 15 is 0 Å². The molecular formula is C22H22ClN2O4S-. The summed E-state index contributed by atoms with van der Waals surface area (Å²) in [5, 5.41) is 1.98. The summed E-state index contributed by atoms with van der Waals surface area (Å²) in [6.07, 6.45) is 0. The second-order valence-corrected chi connectivity index (χ2v) is 9.31. The van der Waals surface area contributed by atoms with Crippen molar-refractivity contribution in [3.8, 4) is 11.5 Å². The van der Waals surface area contributed by atoms with Gasteiger partial charge in [0, 0.05) is 32.7 Å². The molecule has 0 N–H and O–H groups in total. The van der Waals surface area contributed by atoms with E-state index in [0.29, 0.717) is 31.1 Å². The number of benzene rings is 3. The fourth-order valence-electron chi connectivity index (χ4n) is 3.90. The van der Waals surface area contributed by atoms with E-state index < -0.39 is 10.0 Å². The number of sulfonamides is 1. The minimum absolute atomic E-state index is 0. The van der Waals surface area contributed by atoms with Crippen LogP contribution in [0.3, 0.4) is 0 Å². The van der Waals surface area contributed by atoms with Crippen molar-refractivity contribution in [1.29, 1.82) is 0 Å². The zero-order valence-electron chi connectivity index (χ0n) is 16.3. The maximum Gasteiger partial charge on any atom is 0.243 e. The average Bonchev–Trinajstić information content (AvgIpc) is 3.22. The Hall–Kier alpha value is -2.32. The lowest BCUT2D eigenvalue weighted by Gasteiger charge is -2.34. The molecule has 1 saturated heterocycles. The van der Waals surface area contributed by atoms with E-state index in [0.717, 1.165) is 34.4 Å². The lowest BCUT2D eigenvalue weighted by Crippen LogP contribution is -3.00. The molecule has 3 aromatic carbocycles. The van der Waals surface area contributed by atoms with Gasteiger partial charge in [-0.15, -0.1) is 0 Å². The van der Waals surface area contributed by atoms with Gasteiger partial charge in [0.1, 0.15) is 0 Å². The van der Waals surface area contributed by atoms with Crippen LogP contribution in [0.25, 0.3) is 10.8 Å². The third kappa shape index (κ3) is 3.98. The second-order valence-electron chi connectivity index (χ2n) is 7.38. The molecule has 0 saturated carbocycles. The Bertz CT molecular complexity index is 1160. The van der Waals surface area contributed by atoms with Gasteiger partial charge in [0.2, 0.25) is 16.8 Å². The molecule has 0 amide bonds. The number of hydrogen-bond donors (Lipinski definition) is 0. The Morgan fingerprint density at radius 2 is 1.53 bits per heavy atom. The highest BCUT2D eigenvalue weighted by Gasteiger charge is 2.28. The summed E-state index contributed by atoms with van der Waals surface area (Å²) in [6, 6.07) is 19.1. The molecule has 2 aliphatic heterocycles. The van der Waals surface area contributed by atoms with Crippen LogP contribution in [-0.2, 0) is 16.6 Å². The molecule has 2 heterocycles. The van der Waals surface area contributed by atoms with Gasteiger partial charge in [0.25, 0.3) is 0 Å². The Morgan fingerprint density at radius 1 is 0.800 bits per heavy atom. The van der Waals surface area contributed by atoms with E-state index in [9.17, 15) is 8.42 Å². The number of piperazine rings is 1. The van der Waals surface area contributed by atoms with Gasteiger partial charge in [-0.05, 0) is 40.6 Å². The fraction of sp³-hybridized carbons (Fsp3) is 0.273. The largest absolute Gasteiger partial charge is 1.00 e. The highest BCUT2D eigenvalue weighted by Crippen LogP contribution is 2.33. The zero-order valence-corrected chi connectivity index (χ0v) is 17.9. The Kier molecular flexibility index (Phi) is 5.88. The highest BCUT2D eigenvalue weighted by atomic mass is 35.5. The van der Waals surface area contributed by atoms with E-state index in [1.807, 2.05) is 48.5 Å². The first kappa shape index (κ1) is 20.9. The highest BCUT2D eigenvalue weighted by molar-refractivity contribution is 7.89. The van der Waals surface area contributed by atoms with Crippen LogP contribution in [0.1, 0.15) is 5.56 Å². The molecule has 0 radical (unpaired) electrons. The third-order valence-corrected chi connectivity index (χ3v) is 7.43. The third-order valence-electron chi connectivity index (χ3n) is 5.53. The first-order chi connectivity index (χ1) is 14.1. The maximum absolute atomic E-state index is 13.1. The smallest absolute Gasteiger partial charge is 0.243 e. The Morgan fingerprint density at radius 3 is 2.33 bits per heavy atom. The van der Waals surface area contributed by atoms with Crippen LogP contribution >= 0.6 is 0 Å². The van der Waals surface area contributed by atoms with Crippen LogP contribution in [0.2, 0.25) is 0 Å². The predicted octanol–water partition coefficient (Wildman–Crippen LogP) is 0.0790. The summed E-state index contributed by atoms with van der Waals surface area (Å²) in [5.41, 5.74) is 1.14. The van der Waals surface area contributed by atoms with Gasteiger partial charge in [-0.1, -0.05) is 36.4 Å². The van der Waals surface area contributed by atoms with E-state index in [4.69, 9.17) is 9.47 Å². The van der Waals surface area contributed by atoms with Crippen molar-refractivity contribution in [3.63, 3.8) is 0 Å². The number of nitrogens with zero attached hydrogens (tertiary/aromatic N) is 2. The Labute approximate surface area is 182 Å². The molecule has 30 heavy (non-hydrogen) atoms. The van der Waals surface area contributed by atoms with Crippen LogP contribution < -0.4 is 21.9 Å². The van der Waals surface area contributed by atoms with Crippen molar-refractivity contribution in [2.45, 2.75) is 11.4 Å². The summed E-state index contributed by atoms with van der Waals surface area (Å²) in [7, 11) is -3.49. The number of rotatable bonds is 4. The standard InChI is InChI=1S/C22H22N2O4S.ClH/c25-29(26,20-7-6-18-3-1-2-4-19(18)14-20)24-11-9-23(10-12-24)15-17-5-8-21-22(13-17)28-16-27-21;/h1-8,13-14H,9-12,15-16H2;1H/p-1. The number of hydrogen-bond acceptors (Lipinski definition) is 5. The topological polar surface area (TPSA) is 59.1 Å². The van der Waals surface area contributed by atoms with Crippen molar-refractivity contribution in [3.05, 3.63) is 66.2 Å². The molecule has 3 aromatic rings. The molecule has 1 fully saturated rings. The molecule has 5 rings (SSSR count). The zero-order chi connectivity index (χ0) is 19.8. The molecule has 6 nitrogen and oxygen atoms in total. The van der Waals surface area contributed by atoms with Crippen molar-refractivity contribution in [2.75, 3.05) is 33.0 Å². The van der Waals surface area contributed by atoms with Crippen LogP contribution in [0.15, 0.2) is 65.6 Å². The predicted molar refractivity (Wildman–Crippen MR) is 111 cm³/mol. The maximum atomic E-state index is 13.1. The quantitative estimate of drug-likeness (QED) is 0.569. The van der Waals surface area contributed by atoms with Gasteiger partial charge in [-0.2, -0.15) is 4.31 Å². The van der Waals surface area contributed by atoms with Crippen molar-refractivity contribution in [2.24, 2.45) is 0 Å². The summed E-state index contributed by atoms with van der Waals surface area (Å²) >= 11 is 0. The van der Waals surface area contributed by atoms with Gasteiger partial charge < -0.3 is 21.9 Å². The molecule has 0 aliphatic carbocycles. The molecule has 2 aliphatic rings. The van der Waals surface area contributed by atoms with Crippen LogP contribution in [0.5, 0.6) is 11.5 Å². The summed E-state index contributed by atoms with van der Waals surface area (Å²) in [5.74, 6) is 1.56. The van der Waals surface area contributed by atoms with Gasteiger partial charge in [0.05, 0.1) is 4.90 Å². The van der Waals surface area contributed by atoms with Crippen molar-refractivity contribution >= 4 is 20.8 Å². The van der Waals surface area contributed by atoms with E-state index in [1.165, 1.54) is 0 Å². The first-order valence-electron chi connectivity index (χ1n) is 9.69. The van der Waals surface area contributed by atoms with Crippen LogP contribution in [-0.4, -0.2) is 50.6 Å². The minimum Gasteiger partial charge on any atom is -1.00 e. The van der Waals surface area contributed by atoms with Gasteiger partial charge in [0.15, 0.2) is 11.5 Å². The minimum atomic E-state index is -3.49. The van der Waals surface area contributed by atoms with Crippen molar-refractivity contribution in [1.82, 2.24) is 9.21 Å². The molecule has 158 valence electrons. The van der Waals surface area contributed by atoms with Gasteiger partial charge in [-0.25, -0.2) is 8.42 Å². The van der Waals surface area contributed by atoms with E-state index in [-0.39, 0.29) is 19.2 Å². The first-order valence-corrected chi connectivity index (χ1v) is 11.1. The van der Waals surface area contributed by atoms with E-state index in [1.54, 1.807) is 16.4 Å². The van der Waals surface area contributed by atoms with E-state index in [2.05, 4.69) is 4.90 Å². The number of halogens is 1. The molecule has 0 unspecified atom stereocenters. The molecular weight excluding hydrogens is 424 g/mol. The molecule has 0 bridgehead atoms. The average molecular weight is 446 g/mol. The fourth-order valence-corrected chi connectivity index (χ4v) is 5.36. The Balaban J connectivity index is 0.00000218. The van der Waals surface area contributed by atoms with Crippen LogP contribution in [0.4, 0.5) is 0 Å². The normalized spacial score (nSPS) is 17.1. The SMILES string of the molecule is O=S(=O)(c1ccc2ccccc2c1)N1CCN(Cc2ccc3c(c2)OCO3)CC1.[Cl-]. The van der Waals surface area contributed by atoms with Gasteiger partial charge in [-0.3, -0.25) is 4.90 Å². The summed E-state index contributed by atoms with van der Waals surface area (Å²) in [4.78, 5) is 2.63. The lowest BCUT2D eigenvalue weighted by molar-refractivity contribution is -0.00000995.